The minimum absolute atomic E-state index is 0.184. The lowest BCUT2D eigenvalue weighted by Gasteiger charge is -2.23. The average molecular weight is 228 g/mol. The second-order valence-electron chi connectivity index (χ2n) is 4.92. The van der Waals surface area contributed by atoms with Gasteiger partial charge in [-0.1, -0.05) is 13.8 Å². The quantitative estimate of drug-likeness (QED) is 0.703. The Labute approximate surface area is 98.3 Å². The molecule has 0 aromatic rings. The van der Waals surface area contributed by atoms with Crippen molar-refractivity contribution in [3.63, 3.8) is 0 Å². The second kappa shape index (κ2) is 6.21. The van der Waals surface area contributed by atoms with Gasteiger partial charge in [0.05, 0.1) is 13.2 Å². The van der Waals surface area contributed by atoms with Gasteiger partial charge < -0.3 is 15.0 Å². The van der Waals surface area contributed by atoms with E-state index in [0.717, 1.165) is 12.8 Å². The van der Waals surface area contributed by atoms with Crippen molar-refractivity contribution in [3.05, 3.63) is 0 Å². The highest BCUT2D eigenvalue weighted by Gasteiger charge is 2.29. The van der Waals surface area contributed by atoms with E-state index in [1.807, 2.05) is 11.9 Å². The summed E-state index contributed by atoms with van der Waals surface area (Å²) in [7, 11) is 3.58. The van der Waals surface area contributed by atoms with E-state index in [4.69, 9.17) is 4.74 Å². The molecule has 1 aliphatic rings. The molecular weight excluding hydrogens is 204 g/mol. The Balaban J connectivity index is 2.27. The first-order valence-corrected chi connectivity index (χ1v) is 6.04. The molecule has 1 atom stereocenters. The third kappa shape index (κ3) is 4.10. The van der Waals surface area contributed by atoms with Crippen LogP contribution >= 0.6 is 0 Å². The highest BCUT2D eigenvalue weighted by molar-refractivity contribution is 5.78. The van der Waals surface area contributed by atoms with Crippen LogP contribution in [0.1, 0.15) is 26.7 Å². The van der Waals surface area contributed by atoms with E-state index < -0.39 is 0 Å². The largest absolute Gasteiger partial charge is 0.383 e. The van der Waals surface area contributed by atoms with Gasteiger partial charge in [0.15, 0.2) is 0 Å². The Kier molecular flexibility index (Phi) is 5.22. The van der Waals surface area contributed by atoms with Crippen molar-refractivity contribution >= 4 is 5.91 Å². The van der Waals surface area contributed by atoms with Crippen LogP contribution in [0.4, 0.5) is 0 Å². The Morgan fingerprint density at radius 3 is 2.56 bits per heavy atom. The van der Waals surface area contributed by atoms with Crippen molar-refractivity contribution in [2.75, 3.05) is 27.3 Å². The number of ether oxygens (including phenoxy) is 1. The van der Waals surface area contributed by atoms with E-state index in [2.05, 4.69) is 19.2 Å². The molecule has 0 aromatic heterocycles. The molecule has 94 valence electrons. The van der Waals surface area contributed by atoms with Crippen LogP contribution in [0.15, 0.2) is 0 Å². The first-order chi connectivity index (χ1) is 7.56. The summed E-state index contributed by atoms with van der Waals surface area (Å²) < 4.78 is 5.13. The number of likely N-dealkylation sites (N-methyl/N-ethyl adjacent to an activating group) is 1. The normalized spacial score (nSPS) is 17.6. The van der Waals surface area contributed by atoms with Gasteiger partial charge in [-0.2, -0.15) is 0 Å². The maximum absolute atomic E-state index is 11.8. The second-order valence-corrected chi connectivity index (χ2v) is 4.92. The zero-order valence-corrected chi connectivity index (χ0v) is 10.8. The van der Waals surface area contributed by atoms with Crippen molar-refractivity contribution < 1.29 is 9.53 Å². The van der Waals surface area contributed by atoms with E-state index in [0.29, 0.717) is 25.1 Å². The molecule has 0 bridgehead atoms. The van der Waals surface area contributed by atoms with Crippen LogP contribution in [0, 0.1) is 5.92 Å². The molecule has 1 fully saturated rings. The first-order valence-electron chi connectivity index (χ1n) is 6.04. The van der Waals surface area contributed by atoms with Gasteiger partial charge in [-0.15, -0.1) is 0 Å². The molecule has 1 rings (SSSR count). The summed E-state index contributed by atoms with van der Waals surface area (Å²) in [6.45, 7) is 5.33. The maximum atomic E-state index is 11.8. The van der Waals surface area contributed by atoms with E-state index in [9.17, 15) is 4.79 Å². The number of methoxy groups -OCH3 is 1. The fourth-order valence-corrected chi connectivity index (χ4v) is 1.68. The summed E-state index contributed by atoms with van der Waals surface area (Å²) in [6.07, 6.45) is 2.32. The summed E-state index contributed by atoms with van der Waals surface area (Å²) in [4.78, 5) is 13.6. The van der Waals surface area contributed by atoms with Crippen LogP contribution in [-0.4, -0.2) is 50.2 Å². The van der Waals surface area contributed by atoms with Crippen molar-refractivity contribution in [3.8, 4) is 0 Å². The van der Waals surface area contributed by atoms with Crippen molar-refractivity contribution in [2.45, 2.75) is 38.8 Å². The summed E-state index contributed by atoms with van der Waals surface area (Å²) in [5, 5.41) is 3.27. The molecule has 1 aliphatic carbocycles. The van der Waals surface area contributed by atoms with Crippen LogP contribution in [0.2, 0.25) is 0 Å². The molecule has 0 aromatic carbocycles. The number of nitrogens with zero attached hydrogens (tertiary/aromatic N) is 1. The number of hydrogen-bond acceptors (Lipinski definition) is 3. The predicted octanol–water partition coefficient (Wildman–Crippen LogP) is 0.868. The van der Waals surface area contributed by atoms with E-state index in [-0.39, 0.29) is 11.9 Å². The van der Waals surface area contributed by atoms with E-state index in [1.54, 1.807) is 7.11 Å². The Bertz CT molecular complexity index is 227. The number of hydrogen-bond donors (Lipinski definition) is 1. The van der Waals surface area contributed by atoms with Gasteiger partial charge in [0.2, 0.25) is 5.91 Å². The Hall–Kier alpha value is -0.610. The highest BCUT2D eigenvalue weighted by atomic mass is 16.5. The fraction of sp³-hybridized carbons (Fsp3) is 0.917. The third-order valence-corrected chi connectivity index (χ3v) is 3.15. The first kappa shape index (κ1) is 13.5. The molecule has 4 nitrogen and oxygen atoms in total. The van der Waals surface area contributed by atoms with E-state index >= 15 is 0 Å². The standard InChI is InChI=1S/C12H24N2O2/c1-9(2)11(8-16-4)13-7-12(15)14(3)10-5-6-10/h9-11,13H,5-8H2,1-4H3. The highest BCUT2D eigenvalue weighted by Crippen LogP contribution is 2.25. The third-order valence-electron chi connectivity index (χ3n) is 3.15. The van der Waals surface area contributed by atoms with Crippen LogP contribution in [-0.2, 0) is 9.53 Å². The van der Waals surface area contributed by atoms with Crippen LogP contribution < -0.4 is 5.32 Å². The van der Waals surface area contributed by atoms with Gasteiger partial charge in [-0.3, -0.25) is 4.79 Å². The van der Waals surface area contributed by atoms with Gasteiger partial charge in [-0.25, -0.2) is 0 Å². The number of rotatable bonds is 7. The SMILES string of the molecule is COCC(NCC(=O)N(C)C1CC1)C(C)C. The van der Waals surface area contributed by atoms with Crippen LogP contribution in [0.3, 0.4) is 0 Å². The fourth-order valence-electron chi connectivity index (χ4n) is 1.68. The van der Waals surface area contributed by atoms with Gasteiger partial charge in [-0.05, 0) is 18.8 Å². The number of carbonyl (C=O) groups excluding carboxylic acids is 1. The molecule has 1 amide bonds. The molecule has 0 radical (unpaired) electrons. The molecule has 0 spiro atoms. The summed E-state index contributed by atoms with van der Waals surface area (Å²) in [5.74, 6) is 0.656. The number of amides is 1. The molecule has 1 saturated carbocycles. The van der Waals surface area contributed by atoms with Crippen LogP contribution in [0.5, 0.6) is 0 Å². The van der Waals surface area contributed by atoms with Gasteiger partial charge >= 0.3 is 0 Å². The molecule has 1 unspecified atom stereocenters. The van der Waals surface area contributed by atoms with Crippen molar-refractivity contribution in [1.82, 2.24) is 10.2 Å². The molecule has 0 heterocycles. The zero-order valence-electron chi connectivity index (χ0n) is 10.8. The zero-order chi connectivity index (χ0) is 12.1. The average Bonchev–Trinajstić information content (AvgIpc) is 3.05. The molecule has 0 saturated heterocycles. The lowest BCUT2D eigenvalue weighted by atomic mass is 10.1. The minimum Gasteiger partial charge on any atom is -0.383 e. The van der Waals surface area contributed by atoms with Crippen molar-refractivity contribution in [2.24, 2.45) is 5.92 Å². The van der Waals surface area contributed by atoms with Gasteiger partial charge in [0.25, 0.3) is 0 Å². The number of carbonyl (C=O) groups is 1. The monoisotopic (exact) mass is 228 g/mol. The predicted molar refractivity (Wildman–Crippen MR) is 64.3 cm³/mol. The lowest BCUT2D eigenvalue weighted by molar-refractivity contribution is -0.129. The maximum Gasteiger partial charge on any atom is 0.236 e. The smallest absolute Gasteiger partial charge is 0.236 e. The summed E-state index contributed by atoms with van der Waals surface area (Å²) >= 11 is 0. The molecule has 0 aliphatic heterocycles. The summed E-state index contributed by atoms with van der Waals surface area (Å²) in [5.41, 5.74) is 0. The minimum atomic E-state index is 0.184. The topological polar surface area (TPSA) is 41.6 Å². The van der Waals surface area contributed by atoms with E-state index in [1.165, 1.54) is 0 Å². The van der Waals surface area contributed by atoms with Crippen LogP contribution in [0.25, 0.3) is 0 Å². The number of nitrogens with one attached hydrogen (secondary N) is 1. The molecular formula is C12H24N2O2. The Morgan fingerprint density at radius 2 is 2.12 bits per heavy atom. The molecule has 1 N–H and O–H groups in total. The Morgan fingerprint density at radius 1 is 1.50 bits per heavy atom. The van der Waals surface area contributed by atoms with Crippen molar-refractivity contribution in [1.29, 1.82) is 0 Å². The van der Waals surface area contributed by atoms with Gasteiger partial charge in [0.1, 0.15) is 0 Å². The molecule has 16 heavy (non-hydrogen) atoms. The molecule has 4 heteroatoms. The van der Waals surface area contributed by atoms with Gasteiger partial charge in [0, 0.05) is 26.2 Å². The lowest BCUT2D eigenvalue weighted by Crippen LogP contribution is -2.44. The summed E-state index contributed by atoms with van der Waals surface area (Å²) in [6, 6.07) is 0.746.